The molecule has 1 aromatic rings. The van der Waals surface area contributed by atoms with Crippen molar-refractivity contribution in [3.05, 3.63) is 28.2 Å². The van der Waals surface area contributed by atoms with Crippen LogP contribution < -0.4 is 10.5 Å². The van der Waals surface area contributed by atoms with E-state index in [0.29, 0.717) is 11.3 Å². The molecule has 0 aliphatic carbocycles. The molecule has 0 unspecified atom stereocenters. The highest BCUT2D eigenvalue weighted by Crippen LogP contribution is 2.29. The predicted octanol–water partition coefficient (Wildman–Crippen LogP) is 1.20. The highest BCUT2D eigenvalue weighted by Gasteiger charge is 2.07. The summed E-state index contributed by atoms with van der Waals surface area (Å²) in [6.45, 7) is 0.107. The number of hydrogen-bond acceptors (Lipinski definition) is 3. The second-order valence-corrected chi connectivity index (χ2v) is 3.81. The highest BCUT2D eigenvalue weighted by atomic mass is 79.9. The van der Waals surface area contributed by atoms with Gasteiger partial charge in [-0.1, -0.05) is 12.1 Å². The van der Waals surface area contributed by atoms with Crippen molar-refractivity contribution in [2.45, 2.75) is 13.0 Å². The first kappa shape index (κ1) is 12.0. The van der Waals surface area contributed by atoms with Crippen LogP contribution in [0.15, 0.2) is 22.7 Å². The van der Waals surface area contributed by atoms with Crippen molar-refractivity contribution >= 4 is 21.8 Å². The molecule has 1 aromatic carbocycles. The van der Waals surface area contributed by atoms with Crippen LogP contribution >= 0.6 is 15.9 Å². The number of amides is 1. The molecule has 15 heavy (non-hydrogen) atoms. The number of hydrogen-bond donors (Lipinski definition) is 2. The minimum Gasteiger partial charge on any atom is -0.491 e. The molecule has 0 saturated heterocycles. The molecular formula is C10H12BrNO3. The van der Waals surface area contributed by atoms with Gasteiger partial charge in [-0.2, -0.15) is 0 Å². The lowest BCUT2D eigenvalue weighted by molar-refractivity contribution is -0.118. The fraction of sp³-hybridized carbons (Fsp3) is 0.300. The van der Waals surface area contributed by atoms with Gasteiger partial charge in [0, 0.05) is 5.56 Å². The Morgan fingerprint density at radius 3 is 2.87 bits per heavy atom. The summed E-state index contributed by atoms with van der Waals surface area (Å²) in [4.78, 5) is 10.5. The lowest BCUT2D eigenvalue weighted by Crippen LogP contribution is -2.15. The fourth-order valence-electron chi connectivity index (χ4n) is 1.09. The molecular weight excluding hydrogens is 262 g/mol. The number of aliphatic hydroxyl groups is 1. The third-order valence-corrected chi connectivity index (χ3v) is 2.44. The van der Waals surface area contributed by atoms with Gasteiger partial charge in [-0.15, -0.1) is 0 Å². The monoisotopic (exact) mass is 273 g/mol. The first-order valence-corrected chi connectivity index (χ1v) is 5.23. The Morgan fingerprint density at radius 1 is 1.53 bits per heavy atom. The number of ether oxygens (including phenoxy) is 1. The van der Waals surface area contributed by atoms with E-state index in [1.807, 2.05) is 0 Å². The molecule has 1 amide bonds. The van der Waals surface area contributed by atoms with Crippen molar-refractivity contribution in [1.29, 1.82) is 0 Å². The van der Waals surface area contributed by atoms with Crippen LogP contribution in [0.2, 0.25) is 0 Å². The summed E-state index contributed by atoms with van der Waals surface area (Å²) in [7, 11) is 0. The molecule has 0 bridgehead atoms. The second-order valence-electron chi connectivity index (χ2n) is 2.95. The van der Waals surface area contributed by atoms with Crippen LogP contribution in [0.4, 0.5) is 0 Å². The summed E-state index contributed by atoms with van der Waals surface area (Å²) in [5.74, 6) is 0.147. The van der Waals surface area contributed by atoms with Gasteiger partial charge in [-0.05, 0) is 22.0 Å². The zero-order chi connectivity index (χ0) is 11.3. The summed E-state index contributed by atoms with van der Waals surface area (Å²) in [6, 6.07) is 5.36. The number of benzene rings is 1. The maximum absolute atomic E-state index is 10.5. The van der Waals surface area contributed by atoms with Gasteiger partial charge >= 0.3 is 0 Å². The summed E-state index contributed by atoms with van der Waals surface area (Å²) >= 11 is 3.30. The van der Waals surface area contributed by atoms with E-state index in [-0.39, 0.29) is 19.6 Å². The zero-order valence-corrected chi connectivity index (χ0v) is 9.66. The van der Waals surface area contributed by atoms with E-state index in [9.17, 15) is 4.79 Å². The Hall–Kier alpha value is -1.07. The summed E-state index contributed by atoms with van der Waals surface area (Å²) in [5, 5.41) is 9.06. The lowest BCUT2D eigenvalue weighted by atomic mass is 10.2. The molecule has 0 fully saturated rings. The molecule has 4 nitrogen and oxygen atoms in total. The van der Waals surface area contributed by atoms with Gasteiger partial charge < -0.3 is 15.6 Å². The third kappa shape index (κ3) is 3.53. The molecule has 0 aliphatic heterocycles. The number of nitrogens with two attached hydrogens (primary N) is 1. The summed E-state index contributed by atoms with van der Waals surface area (Å²) in [5.41, 5.74) is 5.66. The quantitative estimate of drug-likeness (QED) is 0.847. The number of primary amides is 1. The van der Waals surface area contributed by atoms with Crippen molar-refractivity contribution in [3.63, 3.8) is 0 Å². The first-order valence-electron chi connectivity index (χ1n) is 4.44. The molecule has 0 heterocycles. The predicted molar refractivity (Wildman–Crippen MR) is 59.4 cm³/mol. The van der Waals surface area contributed by atoms with Gasteiger partial charge in [0.15, 0.2) is 0 Å². The van der Waals surface area contributed by atoms with Crippen molar-refractivity contribution < 1.29 is 14.6 Å². The van der Waals surface area contributed by atoms with Gasteiger partial charge in [0.1, 0.15) is 5.75 Å². The SMILES string of the molecule is NC(=O)CCOc1c(Br)cccc1CO. The van der Waals surface area contributed by atoms with Crippen molar-refractivity contribution in [2.24, 2.45) is 5.73 Å². The minimum atomic E-state index is -0.410. The number of carbonyl (C=O) groups is 1. The number of aliphatic hydroxyl groups excluding tert-OH is 1. The van der Waals surface area contributed by atoms with E-state index in [4.69, 9.17) is 15.6 Å². The number of carbonyl (C=O) groups excluding carboxylic acids is 1. The van der Waals surface area contributed by atoms with E-state index < -0.39 is 5.91 Å². The second kappa shape index (κ2) is 5.72. The van der Waals surface area contributed by atoms with Gasteiger partial charge in [-0.25, -0.2) is 0 Å². The van der Waals surface area contributed by atoms with Crippen LogP contribution in [0.1, 0.15) is 12.0 Å². The summed E-state index contributed by atoms with van der Waals surface area (Å²) in [6.07, 6.45) is 0.159. The molecule has 0 spiro atoms. The van der Waals surface area contributed by atoms with Crippen LogP contribution in [0.5, 0.6) is 5.75 Å². The molecule has 1 rings (SSSR count). The molecule has 0 aromatic heterocycles. The molecule has 3 N–H and O–H groups in total. The average molecular weight is 274 g/mol. The Kier molecular flexibility index (Phi) is 4.58. The van der Waals surface area contributed by atoms with Gasteiger partial charge in [-0.3, -0.25) is 4.79 Å². The van der Waals surface area contributed by atoms with Gasteiger partial charge in [0.2, 0.25) is 5.91 Å². The topological polar surface area (TPSA) is 72.6 Å². The first-order chi connectivity index (χ1) is 7.15. The van der Waals surface area contributed by atoms with Crippen LogP contribution in [-0.4, -0.2) is 17.6 Å². The molecule has 0 saturated carbocycles. The zero-order valence-electron chi connectivity index (χ0n) is 8.07. The standard InChI is InChI=1S/C10H12BrNO3/c11-8-3-1-2-7(6-13)10(8)15-5-4-9(12)14/h1-3,13H,4-6H2,(H2,12,14). The van der Waals surface area contributed by atoms with Crippen molar-refractivity contribution in [2.75, 3.05) is 6.61 Å². The van der Waals surface area contributed by atoms with Crippen LogP contribution in [0, 0.1) is 0 Å². The number of halogens is 1. The maximum atomic E-state index is 10.5. The van der Waals surface area contributed by atoms with Crippen molar-refractivity contribution in [1.82, 2.24) is 0 Å². The molecule has 82 valence electrons. The van der Waals surface area contributed by atoms with Gasteiger partial charge in [0.25, 0.3) is 0 Å². The van der Waals surface area contributed by atoms with E-state index in [2.05, 4.69) is 15.9 Å². The van der Waals surface area contributed by atoms with Crippen LogP contribution in [0.25, 0.3) is 0 Å². The van der Waals surface area contributed by atoms with E-state index in [0.717, 1.165) is 4.47 Å². The van der Waals surface area contributed by atoms with Gasteiger partial charge in [0.05, 0.1) is 24.1 Å². The normalized spacial score (nSPS) is 10.0. The fourth-order valence-corrected chi connectivity index (χ4v) is 1.62. The Bertz CT molecular complexity index is 355. The Morgan fingerprint density at radius 2 is 2.27 bits per heavy atom. The van der Waals surface area contributed by atoms with Crippen molar-refractivity contribution in [3.8, 4) is 5.75 Å². The van der Waals surface area contributed by atoms with Crippen LogP contribution in [-0.2, 0) is 11.4 Å². The molecule has 0 atom stereocenters. The molecule has 0 aliphatic rings. The summed E-state index contributed by atoms with van der Waals surface area (Å²) < 4.78 is 6.11. The smallest absolute Gasteiger partial charge is 0.220 e. The van der Waals surface area contributed by atoms with E-state index >= 15 is 0 Å². The number of rotatable bonds is 5. The molecule has 0 radical (unpaired) electrons. The largest absolute Gasteiger partial charge is 0.491 e. The maximum Gasteiger partial charge on any atom is 0.220 e. The Balaban J connectivity index is 2.70. The number of para-hydroxylation sites is 1. The highest BCUT2D eigenvalue weighted by molar-refractivity contribution is 9.10. The minimum absolute atomic E-state index is 0.106. The van der Waals surface area contributed by atoms with E-state index in [1.54, 1.807) is 18.2 Å². The van der Waals surface area contributed by atoms with Crippen LogP contribution in [0.3, 0.4) is 0 Å². The lowest BCUT2D eigenvalue weighted by Gasteiger charge is -2.10. The third-order valence-electron chi connectivity index (χ3n) is 1.81. The molecule has 5 heteroatoms. The average Bonchev–Trinajstić information content (AvgIpc) is 2.20. The Labute approximate surface area is 96.2 Å². The van der Waals surface area contributed by atoms with E-state index in [1.165, 1.54) is 0 Å².